The Morgan fingerprint density at radius 2 is 2.12 bits per heavy atom. The lowest BCUT2D eigenvalue weighted by Crippen LogP contribution is -2.32. The third-order valence-electron chi connectivity index (χ3n) is 4.25. The average molecular weight is 329 g/mol. The van der Waals surface area contributed by atoms with Crippen LogP contribution < -0.4 is 4.90 Å². The van der Waals surface area contributed by atoms with E-state index in [9.17, 15) is 14.3 Å². The monoisotopic (exact) mass is 329 g/mol. The van der Waals surface area contributed by atoms with Crippen LogP contribution in [0.3, 0.4) is 0 Å². The van der Waals surface area contributed by atoms with Gasteiger partial charge in [-0.1, -0.05) is 12.1 Å². The van der Waals surface area contributed by atoms with Gasteiger partial charge in [-0.2, -0.15) is 0 Å². The topological polar surface area (TPSA) is 56.7 Å². The maximum Gasteiger partial charge on any atom is 0.273 e. The van der Waals surface area contributed by atoms with Gasteiger partial charge in [0, 0.05) is 32.5 Å². The second-order valence-electron chi connectivity index (χ2n) is 6.21. The SMILES string of the molecule is CN(C)c1ccnc(C(=O)N2C[C@H](O)C[C@H]2c2cccc(F)c2)c1. The molecule has 0 radical (unpaired) electrons. The van der Waals surface area contributed by atoms with E-state index >= 15 is 0 Å². The molecule has 6 heteroatoms. The Kier molecular flexibility index (Phi) is 4.49. The van der Waals surface area contributed by atoms with Crippen LogP contribution in [0.25, 0.3) is 0 Å². The highest BCUT2D eigenvalue weighted by molar-refractivity contribution is 5.93. The maximum absolute atomic E-state index is 13.5. The van der Waals surface area contributed by atoms with Gasteiger partial charge in [0.25, 0.3) is 5.91 Å². The summed E-state index contributed by atoms with van der Waals surface area (Å²) >= 11 is 0. The van der Waals surface area contributed by atoms with Crippen LogP contribution in [0, 0.1) is 5.82 Å². The highest BCUT2D eigenvalue weighted by Gasteiger charge is 2.36. The molecular weight excluding hydrogens is 309 g/mol. The van der Waals surface area contributed by atoms with E-state index in [4.69, 9.17) is 0 Å². The number of likely N-dealkylation sites (tertiary alicyclic amines) is 1. The first-order valence-corrected chi connectivity index (χ1v) is 7.83. The summed E-state index contributed by atoms with van der Waals surface area (Å²) in [5.41, 5.74) is 1.87. The molecule has 0 saturated carbocycles. The minimum absolute atomic E-state index is 0.216. The van der Waals surface area contributed by atoms with Crippen LogP contribution in [0.1, 0.15) is 28.5 Å². The largest absolute Gasteiger partial charge is 0.391 e. The third-order valence-corrected chi connectivity index (χ3v) is 4.25. The number of carbonyl (C=O) groups is 1. The molecular formula is C18H20FN3O2. The molecule has 24 heavy (non-hydrogen) atoms. The van der Waals surface area contributed by atoms with Crippen LogP contribution in [-0.2, 0) is 0 Å². The molecule has 1 aliphatic heterocycles. The number of nitrogens with zero attached hydrogens (tertiary/aromatic N) is 3. The van der Waals surface area contributed by atoms with Gasteiger partial charge in [0.2, 0.25) is 0 Å². The normalized spacial score (nSPS) is 20.2. The smallest absolute Gasteiger partial charge is 0.273 e. The van der Waals surface area contributed by atoms with E-state index in [0.29, 0.717) is 17.7 Å². The van der Waals surface area contributed by atoms with Gasteiger partial charge in [-0.05, 0) is 36.2 Å². The van der Waals surface area contributed by atoms with E-state index in [-0.39, 0.29) is 24.3 Å². The summed E-state index contributed by atoms with van der Waals surface area (Å²) in [5.74, 6) is -0.612. The quantitative estimate of drug-likeness (QED) is 0.938. The van der Waals surface area contributed by atoms with Crippen molar-refractivity contribution in [2.45, 2.75) is 18.6 Å². The van der Waals surface area contributed by atoms with Crippen molar-refractivity contribution in [2.75, 3.05) is 25.5 Å². The number of carbonyl (C=O) groups excluding carboxylic acids is 1. The van der Waals surface area contributed by atoms with Gasteiger partial charge >= 0.3 is 0 Å². The Morgan fingerprint density at radius 1 is 1.33 bits per heavy atom. The first-order chi connectivity index (χ1) is 11.5. The van der Waals surface area contributed by atoms with E-state index in [1.165, 1.54) is 12.1 Å². The molecule has 2 aromatic rings. The second kappa shape index (κ2) is 6.57. The molecule has 1 saturated heterocycles. The number of β-amino-alcohol motifs (C(OH)–C–C–N with tert-alkyl or cyclic N) is 1. The van der Waals surface area contributed by atoms with E-state index in [1.54, 1.807) is 29.3 Å². The number of halogens is 1. The van der Waals surface area contributed by atoms with Crippen LogP contribution in [-0.4, -0.2) is 47.6 Å². The van der Waals surface area contributed by atoms with Gasteiger partial charge < -0.3 is 14.9 Å². The fourth-order valence-electron chi connectivity index (χ4n) is 3.03. The number of amides is 1. The first-order valence-electron chi connectivity index (χ1n) is 7.83. The fourth-order valence-corrected chi connectivity index (χ4v) is 3.03. The summed E-state index contributed by atoms with van der Waals surface area (Å²) in [4.78, 5) is 20.5. The van der Waals surface area contributed by atoms with Crippen molar-refractivity contribution in [3.63, 3.8) is 0 Å². The number of anilines is 1. The highest BCUT2D eigenvalue weighted by atomic mass is 19.1. The minimum atomic E-state index is -0.626. The first kappa shape index (κ1) is 16.4. The standard InChI is InChI=1S/C18H20FN3O2/c1-21(2)14-6-7-20-16(9-14)18(24)22-11-15(23)10-17(22)12-4-3-5-13(19)8-12/h3-9,15,17,23H,10-11H2,1-2H3/t15-,17+/m1/s1. The molecule has 1 amide bonds. The van der Waals surface area contributed by atoms with Gasteiger partial charge in [0.1, 0.15) is 11.5 Å². The number of hydrogen-bond donors (Lipinski definition) is 1. The Balaban J connectivity index is 1.91. The van der Waals surface area contributed by atoms with Crippen LogP contribution >= 0.6 is 0 Å². The Bertz CT molecular complexity index is 751. The summed E-state index contributed by atoms with van der Waals surface area (Å²) in [7, 11) is 3.78. The van der Waals surface area contributed by atoms with E-state index in [2.05, 4.69) is 4.98 Å². The van der Waals surface area contributed by atoms with E-state index < -0.39 is 6.10 Å². The van der Waals surface area contributed by atoms with Crippen molar-refractivity contribution in [2.24, 2.45) is 0 Å². The van der Waals surface area contributed by atoms with Crippen molar-refractivity contribution in [3.8, 4) is 0 Å². The molecule has 5 nitrogen and oxygen atoms in total. The predicted molar refractivity (Wildman–Crippen MR) is 89.4 cm³/mol. The molecule has 0 bridgehead atoms. The van der Waals surface area contributed by atoms with Crippen LogP contribution in [0.15, 0.2) is 42.6 Å². The molecule has 1 fully saturated rings. The number of pyridine rings is 1. The molecule has 0 spiro atoms. The average Bonchev–Trinajstić information content (AvgIpc) is 2.96. The van der Waals surface area contributed by atoms with Gasteiger partial charge in [-0.25, -0.2) is 4.39 Å². The lowest BCUT2D eigenvalue weighted by atomic mass is 10.0. The lowest BCUT2D eigenvalue weighted by Gasteiger charge is -2.25. The number of benzene rings is 1. The van der Waals surface area contributed by atoms with Crippen molar-refractivity contribution < 1.29 is 14.3 Å². The minimum Gasteiger partial charge on any atom is -0.391 e. The van der Waals surface area contributed by atoms with Gasteiger partial charge in [0.05, 0.1) is 12.1 Å². The van der Waals surface area contributed by atoms with Crippen molar-refractivity contribution in [1.82, 2.24) is 9.88 Å². The van der Waals surface area contributed by atoms with Crippen molar-refractivity contribution in [3.05, 3.63) is 59.7 Å². The zero-order chi connectivity index (χ0) is 17.3. The summed E-state index contributed by atoms with van der Waals surface area (Å²) in [6, 6.07) is 9.34. The summed E-state index contributed by atoms with van der Waals surface area (Å²) in [5, 5.41) is 10.0. The Morgan fingerprint density at radius 3 is 2.83 bits per heavy atom. The summed E-state index contributed by atoms with van der Waals surface area (Å²) in [6.45, 7) is 0.216. The molecule has 0 aliphatic carbocycles. The molecule has 1 N–H and O–H groups in total. The molecule has 2 heterocycles. The van der Waals surface area contributed by atoms with E-state index in [1.807, 2.05) is 25.1 Å². The Hall–Kier alpha value is -2.47. The third kappa shape index (κ3) is 3.23. The zero-order valence-electron chi connectivity index (χ0n) is 13.7. The number of aliphatic hydroxyl groups excluding tert-OH is 1. The number of aliphatic hydroxyl groups is 1. The number of rotatable bonds is 3. The molecule has 1 aromatic carbocycles. The van der Waals surface area contributed by atoms with Crippen molar-refractivity contribution in [1.29, 1.82) is 0 Å². The van der Waals surface area contributed by atoms with Crippen LogP contribution in [0.4, 0.5) is 10.1 Å². The van der Waals surface area contributed by atoms with Gasteiger partial charge in [0.15, 0.2) is 0 Å². The molecule has 1 aliphatic rings. The fraction of sp³-hybridized carbons (Fsp3) is 0.333. The maximum atomic E-state index is 13.5. The van der Waals surface area contributed by atoms with E-state index in [0.717, 1.165) is 5.69 Å². The van der Waals surface area contributed by atoms with Gasteiger partial charge in [-0.3, -0.25) is 9.78 Å². The highest BCUT2D eigenvalue weighted by Crippen LogP contribution is 2.33. The summed E-state index contributed by atoms with van der Waals surface area (Å²) in [6.07, 6.45) is 1.36. The molecule has 2 atom stereocenters. The van der Waals surface area contributed by atoms with Gasteiger partial charge in [-0.15, -0.1) is 0 Å². The number of hydrogen-bond acceptors (Lipinski definition) is 4. The lowest BCUT2D eigenvalue weighted by molar-refractivity contribution is 0.0709. The second-order valence-corrected chi connectivity index (χ2v) is 6.21. The predicted octanol–water partition coefficient (Wildman–Crippen LogP) is 2.23. The summed E-state index contributed by atoms with van der Waals surface area (Å²) < 4.78 is 13.5. The van der Waals surface area contributed by atoms with Crippen LogP contribution in [0.2, 0.25) is 0 Å². The zero-order valence-corrected chi connectivity index (χ0v) is 13.7. The number of aromatic nitrogens is 1. The van der Waals surface area contributed by atoms with Crippen molar-refractivity contribution >= 4 is 11.6 Å². The molecule has 0 unspecified atom stereocenters. The Labute approximate surface area is 140 Å². The molecule has 3 rings (SSSR count). The molecule has 126 valence electrons. The molecule has 1 aromatic heterocycles. The van der Waals surface area contributed by atoms with Crippen LogP contribution in [0.5, 0.6) is 0 Å².